The zero-order valence-electron chi connectivity index (χ0n) is 10.7. The van der Waals surface area contributed by atoms with Gasteiger partial charge in [-0.2, -0.15) is 0 Å². The number of methoxy groups -OCH3 is 2. The Balaban J connectivity index is 2.03. The molecule has 0 radical (unpaired) electrons. The molecule has 3 nitrogen and oxygen atoms in total. The van der Waals surface area contributed by atoms with E-state index in [9.17, 15) is 0 Å². The van der Waals surface area contributed by atoms with Crippen LogP contribution in [0.4, 0.5) is 0 Å². The normalized spacial score (nSPS) is 24.0. The Morgan fingerprint density at radius 2 is 1.19 bits per heavy atom. The molecule has 2 aliphatic rings. The van der Waals surface area contributed by atoms with Gasteiger partial charge >= 0.3 is 0 Å². The molecule has 0 N–H and O–H groups in total. The van der Waals surface area contributed by atoms with E-state index in [1.165, 1.54) is 51.4 Å². The molecule has 2 fully saturated rings. The Hall–Kier alpha value is -0.120. The molecule has 0 amide bonds. The fourth-order valence-corrected chi connectivity index (χ4v) is 3.39. The quantitative estimate of drug-likeness (QED) is 0.674. The van der Waals surface area contributed by atoms with Gasteiger partial charge in [0.1, 0.15) is 0 Å². The minimum absolute atomic E-state index is 0.133. The fourth-order valence-electron chi connectivity index (χ4n) is 3.39. The lowest BCUT2D eigenvalue weighted by molar-refractivity contribution is -0.220. The van der Waals surface area contributed by atoms with Crippen LogP contribution in [0.3, 0.4) is 0 Å². The molecule has 2 rings (SSSR count). The zero-order chi connectivity index (χ0) is 11.4. The van der Waals surface area contributed by atoms with E-state index in [-0.39, 0.29) is 6.41 Å². The Morgan fingerprint density at radius 1 is 0.812 bits per heavy atom. The molecule has 94 valence electrons. The first-order chi connectivity index (χ1) is 7.86. The van der Waals surface area contributed by atoms with Crippen molar-refractivity contribution in [2.45, 2.75) is 69.9 Å². The lowest BCUT2D eigenvalue weighted by atomic mass is 10.1. The van der Waals surface area contributed by atoms with Crippen molar-refractivity contribution in [3.05, 3.63) is 0 Å². The minimum Gasteiger partial charge on any atom is -0.343 e. The van der Waals surface area contributed by atoms with Crippen molar-refractivity contribution in [1.82, 2.24) is 4.90 Å². The van der Waals surface area contributed by atoms with Gasteiger partial charge in [-0.3, -0.25) is 0 Å². The lowest BCUT2D eigenvalue weighted by Crippen LogP contribution is -2.49. The molecule has 0 atom stereocenters. The molecule has 16 heavy (non-hydrogen) atoms. The van der Waals surface area contributed by atoms with Crippen LogP contribution in [0.2, 0.25) is 0 Å². The van der Waals surface area contributed by atoms with Crippen molar-refractivity contribution in [3.8, 4) is 0 Å². The van der Waals surface area contributed by atoms with Crippen LogP contribution < -0.4 is 0 Å². The van der Waals surface area contributed by atoms with Crippen molar-refractivity contribution in [2.75, 3.05) is 14.2 Å². The maximum Gasteiger partial charge on any atom is 0.218 e. The maximum atomic E-state index is 5.49. The highest BCUT2D eigenvalue weighted by Crippen LogP contribution is 2.33. The Bertz CT molecular complexity index is 175. The molecular weight excluding hydrogens is 202 g/mol. The summed E-state index contributed by atoms with van der Waals surface area (Å²) in [5, 5.41) is 0. The largest absolute Gasteiger partial charge is 0.343 e. The molecule has 0 aromatic rings. The van der Waals surface area contributed by atoms with E-state index in [4.69, 9.17) is 9.47 Å². The van der Waals surface area contributed by atoms with Crippen LogP contribution in [0.1, 0.15) is 51.4 Å². The first-order valence-electron chi connectivity index (χ1n) is 6.70. The van der Waals surface area contributed by atoms with Crippen LogP contribution in [-0.4, -0.2) is 37.6 Å². The van der Waals surface area contributed by atoms with Crippen LogP contribution in [0.25, 0.3) is 0 Å². The topological polar surface area (TPSA) is 21.7 Å². The van der Waals surface area contributed by atoms with Gasteiger partial charge < -0.3 is 9.47 Å². The summed E-state index contributed by atoms with van der Waals surface area (Å²) in [6, 6.07) is 1.38. The zero-order valence-corrected chi connectivity index (χ0v) is 10.7. The summed E-state index contributed by atoms with van der Waals surface area (Å²) in [4.78, 5) is 2.51. The summed E-state index contributed by atoms with van der Waals surface area (Å²) in [6.45, 7) is 0. The summed E-state index contributed by atoms with van der Waals surface area (Å²) in [6.07, 6.45) is 10.6. The van der Waals surface area contributed by atoms with Gasteiger partial charge in [-0.1, -0.05) is 25.7 Å². The lowest BCUT2D eigenvalue weighted by Gasteiger charge is -2.38. The average Bonchev–Trinajstić information content (AvgIpc) is 2.98. The molecule has 2 saturated carbocycles. The highest BCUT2D eigenvalue weighted by atomic mass is 16.7. The van der Waals surface area contributed by atoms with E-state index in [0.717, 1.165) is 0 Å². The second-order valence-corrected chi connectivity index (χ2v) is 5.10. The third kappa shape index (κ3) is 2.58. The first kappa shape index (κ1) is 12.3. The molecule has 0 saturated heterocycles. The average molecular weight is 227 g/mol. The van der Waals surface area contributed by atoms with E-state index in [2.05, 4.69) is 4.90 Å². The molecule has 0 bridgehead atoms. The second-order valence-electron chi connectivity index (χ2n) is 5.10. The minimum atomic E-state index is -0.133. The van der Waals surface area contributed by atoms with Crippen LogP contribution >= 0.6 is 0 Å². The Kier molecular flexibility index (Phi) is 4.62. The molecule has 3 heteroatoms. The number of hydrogen-bond acceptors (Lipinski definition) is 3. The molecule has 0 aromatic heterocycles. The number of rotatable bonds is 5. The third-order valence-corrected chi connectivity index (χ3v) is 4.14. The summed E-state index contributed by atoms with van der Waals surface area (Å²) >= 11 is 0. The molecule has 0 aliphatic heterocycles. The van der Waals surface area contributed by atoms with Crippen molar-refractivity contribution < 1.29 is 9.47 Å². The van der Waals surface area contributed by atoms with Gasteiger partial charge in [-0.25, -0.2) is 4.90 Å². The van der Waals surface area contributed by atoms with Crippen molar-refractivity contribution in [2.24, 2.45) is 0 Å². The van der Waals surface area contributed by atoms with E-state index < -0.39 is 0 Å². The molecule has 0 spiro atoms. The highest BCUT2D eigenvalue weighted by Gasteiger charge is 2.35. The number of ether oxygens (including phenoxy) is 2. The van der Waals surface area contributed by atoms with Gasteiger partial charge in [0.2, 0.25) is 6.41 Å². The fraction of sp³-hybridized carbons (Fsp3) is 1.00. The summed E-state index contributed by atoms with van der Waals surface area (Å²) in [5.74, 6) is 0. The molecular formula is C13H25NO2. The van der Waals surface area contributed by atoms with E-state index >= 15 is 0 Å². The van der Waals surface area contributed by atoms with Crippen molar-refractivity contribution in [3.63, 3.8) is 0 Å². The second kappa shape index (κ2) is 5.99. The van der Waals surface area contributed by atoms with Gasteiger partial charge in [-0.15, -0.1) is 0 Å². The SMILES string of the molecule is COC(OC)N(C1CCCC1)C1CCCC1. The summed E-state index contributed by atoms with van der Waals surface area (Å²) < 4.78 is 11.0. The molecule has 2 aliphatic carbocycles. The first-order valence-corrected chi connectivity index (χ1v) is 6.70. The van der Waals surface area contributed by atoms with E-state index in [1.807, 2.05) is 0 Å². The maximum absolute atomic E-state index is 5.49. The monoisotopic (exact) mass is 227 g/mol. The Labute approximate surface area is 99.1 Å². The third-order valence-electron chi connectivity index (χ3n) is 4.14. The van der Waals surface area contributed by atoms with Gasteiger partial charge in [0.25, 0.3) is 0 Å². The predicted molar refractivity (Wildman–Crippen MR) is 64.2 cm³/mol. The van der Waals surface area contributed by atoms with Gasteiger partial charge in [0, 0.05) is 26.3 Å². The van der Waals surface area contributed by atoms with Crippen LogP contribution in [0.5, 0.6) is 0 Å². The smallest absolute Gasteiger partial charge is 0.218 e. The van der Waals surface area contributed by atoms with Gasteiger partial charge in [0.15, 0.2) is 0 Å². The van der Waals surface area contributed by atoms with Crippen molar-refractivity contribution >= 4 is 0 Å². The number of hydrogen-bond donors (Lipinski definition) is 0. The number of nitrogens with zero attached hydrogens (tertiary/aromatic N) is 1. The standard InChI is InChI=1S/C13H25NO2/c1-15-13(16-2)14(11-7-3-4-8-11)12-9-5-6-10-12/h11-13H,3-10H2,1-2H3. The summed E-state index contributed by atoms with van der Waals surface area (Å²) in [5.41, 5.74) is 0. The van der Waals surface area contributed by atoms with E-state index in [1.54, 1.807) is 14.2 Å². The Morgan fingerprint density at radius 3 is 1.50 bits per heavy atom. The highest BCUT2D eigenvalue weighted by molar-refractivity contribution is 4.85. The van der Waals surface area contributed by atoms with Crippen molar-refractivity contribution in [1.29, 1.82) is 0 Å². The van der Waals surface area contributed by atoms with Crippen LogP contribution in [-0.2, 0) is 9.47 Å². The molecule has 0 unspecified atom stereocenters. The van der Waals surface area contributed by atoms with E-state index in [0.29, 0.717) is 12.1 Å². The predicted octanol–water partition coefficient (Wildman–Crippen LogP) is 2.75. The van der Waals surface area contributed by atoms with Gasteiger partial charge in [0.05, 0.1) is 0 Å². The molecule has 0 aromatic carbocycles. The summed E-state index contributed by atoms with van der Waals surface area (Å²) in [7, 11) is 3.51. The van der Waals surface area contributed by atoms with Crippen LogP contribution in [0.15, 0.2) is 0 Å². The molecule has 0 heterocycles. The van der Waals surface area contributed by atoms with Gasteiger partial charge in [-0.05, 0) is 25.7 Å². The van der Waals surface area contributed by atoms with Crippen LogP contribution in [0, 0.1) is 0 Å².